The Morgan fingerprint density at radius 1 is 1.25 bits per heavy atom. The average Bonchev–Trinajstić information content (AvgIpc) is 2.23. The molecule has 90 valence electrons. The second-order valence-corrected chi connectivity index (χ2v) is 5.42. The first-order valence-corrected chi connectivity index (χ1v) is 6.59. The summed E-state index contributed by atoms with van der Waals surface area (Å²) in [7, 11) is 4.12. The van der Waals surface area contributed by atoms with Crippen molar-refractivity contribution in [2.24, 2.45) is 0 Å². The van der Waals surface area contributed by atoms with E-state index in [1.54, 1.807) is 0 Å². The fourth-order valence-electron chi connectivity index (χ4n) is 1.28. The minimum absolute atomic E-state index is 0.555. The molecule has 1 N–H and O–H groups in total. The molecule has 0 aliphatic rings. The number of nitrogens with one attached hydrogen (secondary N) is 1. The zero-order valence-corrected chi connectivity index (χ0v) is 12.5. The third kappa shape index (κ3) is 4.13. The fourth-order valence-corrected chi connectivity index (χ4v) is 2.12. The largest absolute Gasteiger partial charge is 0.384 e. The summed E-state index contributed by atoms with van der Waals surface area (Å²) < 4.78 is 0.818. The summed E-state index contributed by atoms with van der Waals surface area (Å²) in [6.45, 7) is 1.94. The summed E-state index contributed by atoms with van der Waals surface area (Å²) in [6.07, 6.45) is 1.07. The van der Waals surface area contributed by atoms with E-state index in [0.717, 1.165) is 29.7 Å². The summed E-state index contributed by atoms with van der Waals surface area (Å²) in [5.74, 6) is 0. The van der Waals surface area contributed by atoms with E-state index in [-0.39, 0.29) is 0 Å². The van der Waals surface area contributed by atoms with Gasteiger partial charge in [-0.3, -0.25) is 0 Å². The van der Waals surface area contributed by atoms with Crippen molar-refractivity contribution >= 4 is 44.8 Å². The van der Waals surface area contributed by atoms with Crippen LogP contribution in [0.15, 0.2) is 16.6 Å². The quantitative estimate of drug-likeness (QED) is 0.647. The number of halogens is 3. The molecule has 0 atom stereocenters. The molecule has 1 aromatic carbocycles. The molecule has 0 aliphatic heterocycles. The molecule has 0 aromatic heterocycles. The van der Waals surface area contributed by atoms with Crippen LogP contribution in [0.1, 0.15) is 6.42 Å². The van der Waals surface area contributed by atoms with Crippen molar-refractivity contribution in [3.8, 4) is 0 Å². The molecule has 1 rings (SSSR count). The van der Waals surface area contributed by atoms with Crippen LogP contribution in [0.2, 0.25) is 10.0 Å². The molecule has 0 heterocycles. The van der Waals surface area contributed by atoms with Crippen LogP contribution in [0.25, 0.3) is 0 Å². The zero-order valence-electron chi connectivity index (χ0n) is 9.36. The first-order valence-electron chi connectivity index (χ1n) is 5.04. The Morgan fingerprint density at radius 2 is 1.94 bits per heavy atom. The molecule has 0 bridgehead atoms. The molecule has 2 nitrogen and oxygen atoms in total. The zero-order chi connectivity index (χ0) is 12.1. The van der Waals surface area contributed by atoms with E-state index >= 15 is 0 Å². The van der Waals surface area contributed by atoms with Crippen molar-refractivity contribution < 1.29 is 0 Å². The Bertz CT molecular complexity index is 356. The van der Waals surface area contributed by atoms with Crippen LogP contribution in [0.5, 0.6) is 0 Å². The molecule has 0 unspecified atom stereocenters. The minimum Gasteiger partial charge on any atom is -0.384 e. The van der Waals surface area contributed by atoms with Gasteiger partial charge in [0.05, 0.1) is 15.7 Å². The van der Waals surface area contributed by atoms with Crippen molar-refractivity contribution in [3.05, 3.63) is 26.7 Å². The van der Waals surface area contributed by atoms with Gasteiger partial charge in [-0.2, -0.15) is 0 Å². The predicted molar refractivity (Wildman–Crippen MR) is 75.8 cm³/mol. The smallest absolute Gasteiger partial charge is 0.0835 e. The van der Waals surface area contributed by atoms with Crippen LogP contribution >= 0.6 is 39.1 Å². The van der Waals surface area contributed by atoms with Crippen LogP contribution in [-0.2, 0) is 0 Å². The molecule has 0 saturated heterocycles. The number of anilines is 1. The Hall–Kier alpha value is 0.0400. The van der Waals surface area contributed by atoms with Crippen LogP contribution in [-0.4, -0.2) is 32.1 Å². The maximum Gasteiger partial charge on any atom is 0.0835 e. The van der Waals surface area contributed by atoms with Gasteiger partial charge < -0.3 is 10.2 Å². The number of hydrogen-bond acceptors (Lipinski definition) is 2. The van der Waals surface area contributed by atoms with Gasteiger partial charge in [0.1, 0.15) is 0 Å². The van der Waals surface area contributed by atoms with Gasteiger partial charge in [-0.25, -0.2) is 0 Å². The predicted octanol–water partition coefficient (Wildman–Crippen LogP) is 4.12. The molecule has 1 aromatic rings. The number of rotatable bonds is 5. The fraction of sp³-hybridized carbons (Fsp3) is 0.455. The Balaban J connectivity index is 2.52. The Kier molecular flexibility index (Phi) is 5.90. The van der Waals surface area contributed by atoms with Gasteiger partial charge in [0.15, 0.2) is 0 Å². The highest BCUT2D eigenvalue weighted by molar-refractivity contribution is 9.10. The van der Waals surface area contributed by atoms with Gasteiger partial charge in [-0.05, 0) is 55.1 Å². The number of hydrogen-bond donors (Lipinski definition) is 1. The monoisotopic (exact) mass is 324 g/mol. The van der Waals surface area contributed by atoms with E-state index < -0.39 is 0 Å². The first kappa shape index (κ1) is 14.1. The SMILES string of the molecule is CN(C)CCCNc1ccc(Br)c(Cl)c1Cl. The highest BCUT2D eigenvalue weighted by Gasteiger charge is 2.07. The molecule has 0 fully saturated rings. The summed E-state index contributed by atoms with van der Waals surface area (Å²) in [5.41, 5.74) is 0.883. The minimum atomic E-state index is 0.555. The van der Waals surface area contributed by atoms with Crippen molar-refractivity contribution in [2.45, 2.75) is 6.42 Å². The highest BCUT2D eigenvalue weighted by Crippen LogP contribution is 2.35. The normalized spacial score (nSPS) is 10.9. The average molecular weight is 326 g/mol. The second kappa shape index (κ2) is 6.70. The lowest BCUT2D eigenvalue weighted by Crippen LogP contribution is -2.16. The van der Waals surface area contributed by atoms with E-state index in [0.29, 0.717) is 10.0 Å². The number of nitrogens with zero attached hydrogens (tertiary/aromatic N) is 1. The Morgan fingerprint density at radius 3 is 2.56 bits per heavy atom. The molecular formula is C11H15BrCl2N2. The third-order valence-electron chi connectivity index (χ3n) is 2.13. The third-order valence-corrected chi connectivity index (χ3v) is 3.90. The molecule has 0 saturated carbocycles. The summed E-state index contributed by atoms with van der Waals surface area (Å²) in [5, 5.41) is 4.40. The van der Waals surface area contributed by atoms with Crippen LogP contribution in [0.4, 0.5) is 5.69 Å². The molecule has 0 radical (unpaired) electrons. The number of benzene rings is 1. The first-order chi connectivity index (χ1) is 7.52. The van der Waals surface area contributed by atoms with E-state index in [4.69, 9.17) is 23.2 Å². The van der Waals surface area contributed by atoms with Gasteiger partial charge in [-0.1, -0.05) is 23.2 Å². The van der Waals surface area contributed by atoms with Crippen molar-refractivity contribution in [1.82, 2.24) is 4.90 Å². The highest BCUT2D eigenvalue weighted by atomic mass is 79.9. The molecule has 5 heteroatoms. The van der Waals surface area contributed by atoms with Gasteiger partial charge in [0, 0.05) is 11.0 Å². The van der Waals surface area contributed by atoms with Gasteiger partial charge in [0.25, 0.3) is 0 Å². The van der Waals surface area contributed by atoms with E-state index in [9.17, 15) is 0 Å². The van der Waals surface area contributed by atoms with Crippen molar-refractivity contribution in [3.63, 3.8) is 0 Å². The maximum atomic E-state index is 6.11. The standard InChI is InChI=1S/C11H15BrCl2N2/c1-16(2)7-3-6-15-9-5-4-8(12)10(13)11(9)14/h4-5,15H,3,6-7H2,1-2H3. The molecule has 0 aliphatic carbocycles. The van der Waals surface area contributed by atoms with Crippen molar-refractivity contribution in [2.75, 3.05) is 32.5 Å². The summed E-state index contributed by atoms with van der Waals surface area (Å²) in [4.78, 5) is 2.15. The van der Waals surface area contributed by atoms with Crippen LogP contribution in [0, 0.1) is 0 Å². The summed E-state index contributed by atoms with van der Waals surface area (Å²) >= 11 is 15.5. The lowest BCUT2D eigenvalue weighted by molar-refractivity contribution is 0.405. The van der Waals surface area contributed by atoms with Gasteiger partial charge >= 0.3 is 0 Å². The van der Waals surface area contributed by atoms with E-state index in [1.165, 1.54) is 0 Å². The second-order valence-electron chi connectivity index (χ2n) is 3.81. The lowest BCUT2D eigenvalue weighted by Gasteiger charge is -2.12. The van der Waals surface area contributed by atoms with E-state index in [2.05, 4.69) is 40.2 Å². The summed E-state index contributed by atoms with van der Waals surface area (Å²) in [6, 6.07) is 3.82. The molecule has 0 amide bonds. The molecule has 16 heavy (non-hydrogen) atoms. The maximum absolute atomic E-state index is 6.11. The molecular weight excluding hydrogens is 311 g/mol. The molecule has 0 spiro atoms. The van der Waals surface area contributed by atoms with Crippen LogP contribution < -0.4 is 5.32 Å². The Labute approximate surface area is 115 Å². The lowest BCUT2D eigenvalue weighted by atomic mass is 10.3. The van der Waals surface area contributed by atoms with Crippen LogP contribution in [0.3, 0.4) is 0 Å². The van der Waals surface area contributed by atoms with Gasteiger partial charge in [-0.15, -0.1) is 0 Å². The topological polar surface area (TPSA) is 15.3 Å². The van der Waals surface area contributed by atoms with E-state index in [1.807, 2.05) is 12.1 Å². The van der Waals surface area contributed by atoms with Crippen molar-refractivity contribution in [1.29, 1.82) is 0 Å². The van der Waals surface area contributed by atoms with Gasteiger partial charge in [0.2, 0.25) is 0 Å².